The van der Waals surface area contributed by atoms with Crippen molar-refractivity contribution in [3.63, 3.8) is 0 Å². The topological polar surface area (TPSA) is 41.5 Å². The number of hydrogen-bond acceptors (Lipinski definition) is 5. The molecule has 0 unspecified atom stereocenters. The zero-order valence-electron chi connectivity index (χ0n) is 14.2. The summed E-state index contributed by atoms with van der Waals surface area (Å²) in [5.41, 5.74) is 2.12. The van der Waals surface area contributed by atoms with E-state index in [2.05, 4.69) is 47.7 Å². The monoisotopic (exact) mass is 294 g/mol. The van der Waals surface area contributed by atoms with Crippen molar-refractivity contribution >= 4 is 5.69 Å². The highest BCUT2D eigenvalue weighted by Crippen LogP contribution is 2.19. The lowest BCUT2D eigenvalue weighted by atomic mass is 10.3. The second-order valence-electron chi connectivity index (χ2n) is 5.62. The van der Waals surface area contributed by atoms with E-state index < -0.39 is 0 Å². The lowest BCUT2D eigenvalue weighted by molar-refractivity contribution is 0.263. The maximum Gasteiger partial charge on any atom is 0.316 e. The van der Waals surface area contributed by atoms with Crippen molar-refractivity contribution < 1.29 is 4.74 Å². The fraction of sp³-hybridized carbons (Fsp3) is 0.750. The first-order chi connectivity index (χ1) is 10.1. The van der Waals surface area contributed by atoms with Crippen LogP contribution in [0, 0.1) is 6.92 Å². The summed E-state index contributed by atoms with van der Waals surface area (Å²) < 4.78 is 5.62. The van der Waals surface area contributed by atoms with Gasteiger partial charge in [-0.1, -0.05) is 13.8 Å². The van der Waals surface area contributed by atoms with Gasteiger partial charge in [0.15, 0.2) is 0 Å². The molecule has 1 rings (SSSR count). The predicted octanol–water partition coefficient (Wildman–Crippen LogP) is 2.74. The van der Waals surface area contributed by atoms with Crippen LogP contribution in [0.2, 0.25) is 0 Å². The summed E-state index contributed by atoms with van der Waals surface area (Å²) in [7, 11) is 4.12. The molecule has 5 heteroatoms. The van der Waals surface area contributed by atoms with Crippen molar-refractivity contribution in [2.45, 2.75) is 40.0 Å². The summed E-state index contributed by atoms with van der Waals surface area (Å²) in [6, 6.07) is 0.489. The smallest absolute Gasteiger partial charge is 0.316 e. The number of anilines is 1. The van der Waals surface area contributed by atoms with Crippen molar-refractivity contribution in [2.24, 2.45) is 0 Å². The molecular weight excluding hydrogens is 264 g/mol. The van der Waals surface area contributed by atoms with E-state index in [0.717, 1.165) is 50.3 Å². The zero-order valence-corrected chi connectivity index (χ0v) is 14.2. The molecule has 0 spiro atoms. The molecule has 0 saturated carbocycles. The Bertz CT molecular complexity index is 403. The van der Waals surface area contributed by atoms with Crippen LogP contribution in [0.4, 0.5) is 5.69 Å². The molecule has 0 amide bonds. The normalized spacial score (nSPS) is 11.0. The van der Waals surface area contributed by atoms with Gasteiger partial charge in [0.25, 0.3) is 0 Å². The van der Waals surface area contributed by atoms with Crippen molar-refractivity contribution in [2.75, 3.05) is 45.2 Å². The van der Waals surface area contributed by atoms with Crippen LogP contribution in [0.25, 0.3) is 0 Å². The molecule has 0 atom stereocenters. The molecule has 0 aliphatic carbocycles. The molecule has 0 radical (unpaired) electrons. The van der Waals surface area contributed by atoms with E-state index in [1.807, 2.05) is 13.1 Å². The van der Waals surface area contributed by atoms with E-state index in [0.29, 0.717) is 12.6 Å². The second kappa shape index (κ2) is 9.55. The van der Waals surface area contributed by atoms with Gasteiger partial charge in [0.1, 0.15) is 0 Å². The van der Waals surface area contributed by atoms with E-state index in [9.17, 15) is 0 Å². The number of nitrogens with zero attached hydrogens (tertiary/aromatic N) is 4. The Morgan fingerprint density at radius 2 is 1.76 bits per heavy atom. The van der Waals surface area contributed by atoms with E-state index in [4.69, 9.17) is 4.74 Å². The Hall–Kier alpha value is -1.36. The van der Waals surface area contributed by atoms with Crippen molar-refractivity contribution in [3.05, 3.63) is 11.9 Å². The minimum atomic E-state index is 0.489. The lowest BCUT2D eigenvalue weighted by Crippen LogP contribution is -2.26. The Morgan fingerprint density at radius 3 is 2.29 bits per heavy atom. The first-order valence-corrected chi connectivity index (χ1v) is 7.94. The van der Waals surface area contributed by atoms with Gasteiger partial charge >= 0.3 is 6.01 Å². The maximum atomic E-state index is 5.62. The van der Waals surface area contributed by atoms with Gasteiger partial charge in [0.2, 0.25) is 0 Å². The first-order valence-electron chi connectivity index (χ1n) is 7.94. The Balaban J connectivity index is 2.61. The SMILES string of the molecule is CCCN(CCC)c1cnc(OCCCN(C)C)nc1C. The average molecular weight is 294 g/mol. The molecule has 1 aromatic rings. The lowest BCUT2D eigenvalue weighted by Gasteiger charge is -2.24. The molecule has 0 aromatic carbocycles. The zero-order chi connectivity index (χ0) is 15.7. The number of rotatable bonds is 10. The van der Waals surface area contributed by atoms with Crippen LogP contribution in [-0.4, -0.2) is 55.2 Å². The molecule has 0 saturated heterocycles. The minimum absolute atomic E-state index is 0.489. The van der Waals surface area contributed by atoms with Gasteiger partial charge in [-0.25, -0.2) is 4.98 Å². The molecule has 120 valence electrons. The summed E-state index contributed by atoms with van der Waals surface area (Å²) in [4.78, 5) is 13.3. The molecule has 0 fully saturated rings. The molecule has 5 nitrogen and oxygen atoms in total. The van der Waals surface area contributed by atoms with E-state index in [1.54, 1.807) is 0 Å². The second-order valence-corrected chi connectivity index (χ2v) is 5.62. The third kappa shape index (κ3) is 6.29. The van der Waals surface area contributed by atoms with Crippen LogP contribution in [0.5, 0.6) is 6.01 Å². The van der Waals surface area contributed by atoms with E-state index in [-0.39, 0.29) is 0 Å². The molecule has 0 aliphatic heterocycles. The first kappa shape index (κ1) is 17.7. The molecule has 0 bridgehead atoms. The number of aromatic nitrogens is 2. The van der Waals surface area contributed by atoms with Gasteiger partial charge in [-0.05, 0) is 40.3 Å². The van der Waals surface area contributed by atoms with Crippen molar-refractivity contribution in [1.82, 2.24) is 14.9 Å². The van der Waals surface area contributed by atoms with Crippen LogP contribution in [0.1, 0.15) is 38.8 Å². The highest BCUT2D eigenvalue weighted by Gasteiger charge is 2.11. The van der Waals surface area contributed by atoms with Crippen molar-refractivity contribution in [3.8, 4) is 6.01 Å². The number of hydrogen-bond donors (Lipinski definition) is 0. The Morgan fingerprint density at radius 1 is 1.10 bits per heavy atom. The molecule has 1 heterocycles. The van der Waals surface area contributed by atoms with Crippen LogP contribution in [0.3, 0.4) is 0 Å². The molecule has 1 aromatic heterocycles. The molecule has 0 N–H and O–H groups in total. The summed E-state index contributed by atoms with van der Waals surface area (Å²) in [5, 5.41) is 0. The van der Waals surface area contributed by atoms with Crippen LogP contribution >= 0.6 is 0 Å². The molecular formula is C16H30N4O. The predicted molar refractivity (Wildman–Crippen MR) is 88.2 cm³/mol. The van der Waals surface area contributed by atoms with Gasteiger partial charge in [0.05, 0.1) is 24.2 Å². The van der Waals surface area contributed by atoms with Gasteiger partial charge in [-0.3, -0.25) is 0 Å². The summed E-state index contributed by atoms with van der Waals surface area (Å²) in [6.07, 6.45) is 5.13. The Labute approximate surface area is 129 Å². The van der Waals surface area contributed by atoms with E-state index in [1.165, 1.54) is 0 Å². The summed E-state index contributed by atoms with van der Waals surface area (Å²) in [5.74, 6) is 0. The van der Waals surface area contributed by atoms with Gasteiger partial charge < -0.3 is 14.5 Å². The van der Waals surface area contributed by atoms with Crippen molar-refractivity contribution in [1.29, 1.82) is 0 Å². The van der Waals surface area contributed by atoms with Crippen LogP contribution in [0.15, 0.2) is 6.20 Å². The molecule has 21 heavy (non-hydrogen) atoms. The third-order valence-corrected chi connectivity index (χ3v) is 3.24. The highest BCUT2D eigenvalue weighted by atomic mass is 16.5. The maximum absolute atomic E-state index is 5.62. The standard InChI is InChI=1S/C16H30N4O/c1-6-9-20(10-7-2)15-13-17-16(18-14(15)3)21-12-8-11-19(4)5/h13H,6-12H2,1-5H3. The van der Waals surface area contributed by atoms with Gasteiger partial charge in [-0.15, -0.1) is 0 Å². The third-order valence-electron chi connectivity index (χ3n) is 3.24. The van der Waals surface area contributed by atoms with Crippen LogP contribution < -0.4 is 9.64 Å². The largest absolute Gasteiger partial charge is 0.463 e. The van der Waals surface area contributed by atoms with E-state index >= 15 is 0 Å². The number of ether oxygens (including phenoxy) is 1. The fourth-order valence-electron chi connectivity index (χ4n) is 2.26. The average Bonchev–Trinajstić information content (AvgIpc) is 2.43. The fourth-order valence-corrected chi connectivity index (χ4v) is 2.26. The molecule has 0 aliphatic rings. The Kier molecular flexibility index (Phi) is 8.05. The van der Waals surface area contributed by atoms with Gasteiger partial charge in [-0.2, -0.15) is 4.98 Å². The quantitative estimate of drug-likeness (QED) is 0.621. The highest BCUT2D eigenvalue weighted by molar-refractivity contribution is 5.48. The summed E-state index contributed by atoms with van der Waals surface area (Å²) >= 11 is 0. The minimum Gasteiger partial charge on any atom is -0.463 e. The number of aryl methyl sites for hydroxylation is 1. The van der Waals surface area contributed by atoms with Crippen LogP contribution in [-0.2, 0) is 0 Å². The van der Waals surface area contributed by atoms with Gasteiger partial charge in [0, 0.05) is 19.6 Å². The summed E-state index contributed by atoms with van der Waals surface area (Å²) in [6.45, 7) is 10.2.